The molecule has 2 rings (SSSR count). The standard InChI is InChI=1S/C13H19N3O3S/c1-2-4-15-10-7-19-6-9(10)12(18)16-13-8(11(14)17)3-5-20-13/h3,5,9-10,15H,2,4,6-7H2,1H3,(H2,14,17)(H,16,18). The molecule has 1 saturated heterocycles. The van der Waals surface area contributed by atoms with E-state index in [-0.39, 0.29) is 17.9 Å². The van der Waals surface area contributed by atoms with Crippen molar-refractivity contribution in [3.63, 3.8) is 0 Å². The molecule has 4 N–H and O–H groups in total. The number of hydrogen-bond donors (Lipinski definition) is 3. The first kappa shape index (κ1) is 15.0. The Labute approximate surface area is 121 Å². The fourth-order valence-corrected chi connectivity index (χ4v) is 2.94. The molecule has 1 aromatic rings. The lowest BCUT2D eigenvalue weighted by Gasteiger charge is -2.18. The second kappa shape index (κ2) is 6.83. The van der Waals surface area contributed by atoms with Crippen LogP contribution in [0.25, 0.3) is 0 Å². The summed E-state index contributed by atoms with van der Waals surface area (Å²) in [7, 11) is 0. The maximum Gasteiger partial charge on any atom is 0.251 e. The van der Waals surface area contributed by atoms with Gasteiger partial charge in [-0.2, -0.15) is 0 Å². The number of nitrogens with one attached hydrogen (secondary N) is 2. The summed E-state index contributed by atoms with van der Waals surface area (Å²) in [5, 5.41) is 8.32. The molecule has 2 unspecified atom stereocenters. The molecule has 1 aliphatic heterocycles. The van der Waals surface area contributed by atoms with Gasteiger partial charge in [-0.1, -0.05) is 6.92 Å². The van der Waals surface area contributed by atoms with E-state index in [0.29, 0.717) is 23.8 Å². The number of nitrogens with two attached hydrogens (primary N) is 1. The van der Waals surface area contributed by atoms with Crippen molar-refractivity contribution in [3.05, 3.63) is 17.0 Å². The van der Waals surface area contributed by atoms with Crippen LogP contribution in [0.5, 0.6) is 0 Å². The number of rotatable bonds is 6. The summed E-state index contributed by atoms with van der Waals surface area (Å²) in [5.74, 6) is -0.921. The molecular weight excluding hydrogens is 278 g/mol. The van der Waals surface area contributed by atoms with E-state index in [1.165, 1.54) is 11.3 Å². The van der Waals surface area contributed by atoms with Crippen molar-refractivity contribution in [2.75, 3.05) is 25.1 Å². The van der Waals surface area contributed by atoms with E-state index in [0.717, 1.165) is 13.0 Å². The Bertz CT molecular complexity index is 489. The maximum atomic E-state index is 12.3. The Hall–Kier alpha value is -1.44. The summed E-state index contributed by atoms with van der Waals surface area (Å²) in [6.07, 6.45) is 1.00. The minimum atomic E-state index is -0.537. The van der Waals surface area contributed by atoms with Crippen LogP contribution in [0, 0.1) is 5.92 Å². The molecule has 2 amide bonds. The number of thiophene rings is 1. The van der Waals surface area contributed by atoms with Crippen LogP contribution in [0.2, 0.25) is 0 Å². The number of amides is 2. The Morgan fingerprint density at radius 2 is 2.30 bits per heavy atom. The van der Waals surface area contributed by atoms with Crippen molar-refractivity contribution in [2.24, 2.45) is 11.7 Å². The smallest absolute Gasteiger partial charge is 0.251 e. The Kier molecular flexibility index (Phi) is 5.11. The highest BCUT2D eigenvalue weighted by Crippen LogP contribution is 2.24. The van der Waals surface area contributed by atoms with Crippen molar-refractivity contribution < 1.29 is 14.3 Å². The third-order valence-electron chi connectivity index (χ3n) is 3.24. The van der Waals surface area contributed by atoms with Gasteiger partial charge < -0.3 is 21.1 Å². The number of anilines is 1. The van der Waals surface area contributed by atoms with Crippen LogP contribution in [0.1, 0.15) is 23.7 Å². The van der Waals surface area contributed by atoms with Gasteiger partial charge in [-0.3, -0.25) is 9.59 Å². The molecule has 0 aromatic carbocycles. The molecule has 0 bridgehead atoms. The van der Waals surface area contributed by atoms with Crippen LogP contribution >= 0.6 is 11.3 Å². The Morgan fingerprint density at radius 3 is 3.00 bits per heavy atom. The van der Waals surface area contributed by atoms with Crippen molar-refractivity contribution >= 4 is 28.2 Å². The van der Waals surface area contributed by atoms with Crippen LogP contribution in [0.4, 0.5) is 5.00 Å². The van der Waals surface area contributed by atoms with Gasteiger partial charge in [0.25, 0.3) is 5.91 Å². The number of carbonyl (C=O) groups excluding carboxylic acids is 2. The van der Waals surface area contributed by atoms with Crippen molar-refractivity contribution in [2.45, 2.75) is 19.4 Å². The van der Waals surface area contributed by atoms with Crippen LogP contribution in [0.15, 0.2) is 11.4 Å². The first-order valence-corrected chi connectivity index (χ1v) is 7.50. The third-order valence-corrected chi connectivity index (χ3v) is 4.07. The number of primary amides is 1. The topological polar surface area (TPSA) is 93.4 Å². The molecular formula is C13H19N3O3S. The monoisotopic (exact) mass is 297 g/mol. The normalized spacial score (nSPS) is 21.9. The zero-order valence-electron chi connectivity index (χ0n) is 11.3. The molecule has 0 radical (unpaired) electrons. The minimum Gasteiger partial charge on any atom is -0.379 e. The lowest BCUT2D eigenvalue weighted by Crippen LogP contribution is -2.41. The van der Waals surface area contributed by atoms with Gasteiger partial charge in [0.05, 0.1) is 24.7 Å². The highest BCUT2D eigenvalue weighted by Gasteiger charge is 2.34. The van der Waals surface area contributed by atoms with Gasteiger partial charge in [-0.15, -0.1) is 11.3 Å². The average Bonchev–Trinajstić information content (AvgIpc) is 3.04. The van der Waals surface area contributed by atoms with Gasteiger partial charge in [0.2, 0.25) is 5.91 Å². The average molecular weight is 297 g/mol. The fourth-order valence-electron chi connectivity index (χ4n) is 2.15. The summed E-state index contributed by atoms with van der Waals surface area (Å²) in [4.78, 5) is 23.5. The van der Waals surface area contributed by atoms with E-state index in [1.54, 1.807) is 11.4 Å². The molecule has 2 atom stereocenters. The molecule has 110 valence electrons. The zero-order chi connectivity index (χ0) is 14.5. The predicted molar refractivity (Wildman–Crippen MR) is 77.9 cm³/mol. The minimum absolute atomic E-state index is 0.0203. The van der Waals surface area contributed by atoms with Crippen molar-refractivity contribution in [3.8, 4) is 0 Å². The molecule has 0 spiro atoms. The van der Waals surface area contributed by atoms with Gasteiger partial charge in [-0.05, 0) is 24.4 Å². The van der Waals surface area contributed by atoms with E-state index >= 15 is 0 Å². The molecule has 1 fully saturated rings. The van der Waals surface area contributed by atoms with Gasteiger partial charge in [-0.25, -0.2) is 0 Å². The molecule has 20 heavy (non-hydrogen) atoms. The lowest BCUT2D eigenvalue weighted by molar-refractivity contribution is -0.120. The summed E-state index contributed by atoms with van der Waals surface area (Å²) < 4.78 is 5.37. The highest BCUT2D eigenvalue weighted by atomic mass is 32.1. The summed E-state index contributed by atoms with van der Waals surface area (Å²) >= 11 is 1.29. The number of hydrogen-bond acceptors (Lipinski definition) is 5. The van der Waals surface area contributed by atoms with Crippen molar-refractivity contribution in [1.29, 1.82) is 0 Å². The predicted octanol–water partition coefficient (Wildman–Crippen LogP) is 0.800. The maximum absolute atomic E-state index is 12.3. The summed E-state index contributed by atoms with van der Waals surface area (Å²) in [6.45, 7) is 3.85. The first-order chi connectivity index (χ1) is 9.63. The van der Waals surface area contributed by atoms with E-state index in [1.807, 2.05) is 0 Å². The molecule has 1 aromatic heterocycles. The molecule has 6 nitrogen and oxygen atoms in total. The molecule has 1 aliphatic rings. The molecule has 2 heterocycles. The van der Waals surface area contributed by atoms with E-state index in [4.69, 9.17) is 10.5 Å². The van der Waals surface area contributed by atoms with Crippen LogP contribution < -0.4 is 16.4 Å². The largest absolute Gasteiger partial charge is 0.379 e. The quantitative estimate of drug-likeness (QED) is 0.724. The lowest BCUT2D eigenvalue weighted by atomic mass is 10.0. The second-order valence-electron chi connectivity index (χ2n) is 4.72. The second-order valence-corrected chi connectivity index (χ2v) is 5.64. The van der Waals surface area contributed by atoms with Gasteiger partial charge >= 0.3 is 0 Å². The van der Waals surface area contributed by atoms with Crippen LogP contribution in [-0.2, 0) is 9.53 Å². The van der Waals surface area contributed by atoms with E-state index < -0.39 is 5.91 Å². The molecule has 7 heteroatoms. The highest BCUT2D eigenvalue weighted by molar-refractivity contribution is 7.14. The van der Waals surface area contributed by atoms with Crippen LogP contribution in [0.3, 0.4) is 0 Å². The zero-order valence-corrected chi connectivity index (χ0v) is 12.2. The first-order valence-electron chi connectivity index (χ1n) is 6.62. The Balaban J connectivity index is 2.00. The molecule has 0 aliphatic carbocycles. The number of ether oxygens (including phenoxy) is 1. The molecule has 0 saturated carbocycles. The number of carbonyl (C=O) groups is 2. The summed E-state index contributed by atoms with van der Waals surface area (Å²) in [6, 6.07) is 1.63. The summed E-state index contributed by atoms with van der Waals surface area (Å²) in [5.41, 5.74) is 5.61. The Morgan fingerprint density at radius 1 is 1.50 bits per heavy atom. The third kappa shape index (κ3) is 3.36. The van der Waals surface area contributed by atoms with Gasteiger partial charge in [0.1, 0.15) is 5.00 Å². The van der Waals surface area contributed by atoms with Gasteiger partial charge in [0, 0.05) is 6.04 Å². The van der Waals surface area contributed by atoms with E-state index in [2.05, 4.69) is 17.6 Å². The fraction of sp³-hybridized carbons (Fsp3) is 0.538. The van der Waals surface area contributed by atoms with E-state index in [9.17, 15) is 9.59 Å². The van der Waals surface area contributed by atoms with Crippen LogP contribution in [-0.4, -0.2) is 37.6 Å². The SMILES string of the molecule is CCCNC1COCC1C(=O)Nc1sccc1C(N)=O. The van der Waals surface area contributed by atoms with Crippen molar-refractivity contribution in [1.82, 2.24) is 5.32 Å². The van der Waals surface area contributed by atoms with Gasteiger partial charge in [0.15, 0.2) is 0 Å².